The van der Waals surface area contributed by atoms with Gasteiger partial charge in [0, 0.05) is 47.9 Å². The fourth-order valence-electron chi connectivity index (χ4n) is 3.08. The molecule has 0 fully saturated rings. The zero-order valence-electron chi connectivity index (χ0n) is 16.0. The number of thioether (sulfide) groups is 1. The fourth-order valence-corrected chi connectivity index (χ4v) is 3.77. The Hall–Kier alpha value is -2.93. The smallest absolute Gasteiger partial charge is 0.157 e. The third kappa shape index (κ3) is 3.84. The molecule has 0 spiro atoms. The van der Waals surface area contributed by atoms with Crippen molar-refractivity contribution in [2.24, 2.45) is 0 Å². The SMILES string of the molecule is CSC(CNc1cc(-c2ccc(C)nc2)ncn1)c1ccnc2cc(C)oc12. The molecule has 4 rings (SSSR count). The Morgan fingerprint density at radius 3 is 2.75 bits per heavy atom. The van der Waals surface area contributed by atoms with Gasteiger partial charge in [-0.15, -0.1) is 0 Å². The van der Waals surface area contributed by atoms with Gasteiger partial charge in [-0.1, -0.05) is 0 Å². The molecule has 1 atom stereocenters. The maximum atomic E-state index is 5.88. The molecular weight excluding hydrogens is 370 g/mol. The predicted molar refractivity (Wildman–Crippen MR) is 113 cm³/mol. The molecule has 4 heterocycles. The topological polar surface area (TPSA) is 76.7 Å². The van der Waals surface area contributed by atoms with Gasteiger partial charge in [0.15, 0.2) is 5.58 Å². The van der Waals surface area contributed by atoms with Crippen molar-refractivity contribution in [3.05, 3.63) is 66.1 Å². The first kappa shape index (κ1) is 18.4. The Morgan fingerprint density at radius 2 is 1.96 bits per heavy atom. The summed E-state index contributed by atoms with van der Waals surface area (Å²) in [7, 11) is 0. The summed E-state index contributed by atoms with van der Waals surface area (Å²) in [4.78, 5) is 17.5. The number of pyridine rings is 2. The zero-order valence-corrected chi connectivity index (χ0v) is 16.8. The number of nitrogens with one attached hydrogen (secondary N) is 1. The Labute approximate surface area is 167 Å². The first-order chi connectivity index (χ1) is 13.6. The van der Waals surface area contributed by atoms with Gasteiger partial charge in [0.25, 0.3) is 0 Å². The van der Waals surface area contributed by atoms with Gasteiger partial charge in [-0.25, -0.2) is 9.97 Å². The van der Waals surface area contributed by atoms with Crippen molar-refractivity contribution in [3.8, 4) is 11.3 Å². The fraction of sp³-hybridized carbons (Fsp3) is 0.238. The quantitative estimate of drug-likeness (QED) is 0.505. The standard InChI is InChI=1S/C21H21N5OS/c1-13-4-5-15(10-23-13)17-9-20(26-12-25-17)24-11-19(28-3)16-6-7-22-18-8-14(2)27-21(16)18/h4-10,12,19H,11H2,1-3H3,(H,24,25,26). The van der Waals surface area contributed by atoms with Gasteiger partial charge < -0.3 is 9.73 Å². The lowest BCUT2D eigenvalue weighted by atomic mass is 10.1. The van der Waals surface area contributed by atoms with Crippen LogP contribution in [0.2, 0.25) is 0 Å². The van der Waals surface area contributed by atoms with Gasteiger partial charge in [0.05, 0.1) is 10.9 Å². The molecule has 0 saturated carbocycles. The number of fused-ring (bicyclic) bond motifs is 1. The normalized spacial score (nSPS) is 12.2. The van der Waals surface area contributed by atoms with E-state index in [0.29, 0.717) is 6.54 Å². The van der Waals surface area contributed by atoms with Gasteiger partial charge in [-0.2, -0.15) is 11.8 Å². The van der Waals surface area contributed by atoms with Crippen LogP contribution < -0.4 is 5.32 Å². The molecule has 0 aliphatic rings. The molecule has 0 radical (unpaired) electrons. The van der Waals surface area contributed by atoms with E-state index in [1.807, 2.05) is 56.6 Å². The van der Waals surface area contributed by atoms with Crippen LogP contribution in [0.25, 0.3) is 22.4 Å². The molecule has 4 aromatic heterocycles. The highest BCUT2D eigenvalue weighted by Crippen LogP contribution is 2.33. The summed E-state index contributed by atoms with van der Waals surface area (Å²) in [6.07, 6.45) is 7.34. The second-order valence-corrected chi connectivity index (χ2v) is 7.59. The molecule has 1 unspecified atom stereocenters. The van der Waals surface area contributed by atoms with E-state index in [0.717, 1.165) is 45.2 Å². The summed E-state index contributed by atoms with van der Waals surface area (Å²) in [5, 5.41) is 3.64. The van der Waals surface area contributed by atoms with Crippen molar-refractivity contribution < 1.29 is 4.42 Å². The molecule has 6 nitrogen and oxygen atoms in total. The number of nitrogens with zero attached hydrogens (tertiary/aromatic N) is 4. The molecule has 7 heteroatoms. The molecule has 0 aromatic carbocycles. The number of hydrogen-bond acceptors (Lipinski definition) is 7. The summed E-state index contributed by atoms with van der Waals surface area (Å²) < 4.78 is 5.88. The third-order valence-corrected chi connectivity index (χ3v) is 5.53. The average Bonchev–Trinajstić information content (AvgIpc) is 3.10. The second-order valence-electron chi connectivity index (χ2n) is 6.55. The first-order valence-electron chi connectivity index (χ1n) is 9.01. The van der Waals surface area contributed by atoms with Gasteiger partial charge in [-0.3, -0.25) is 9.97 Å². The molecule has 0 bridgehead atoms. The number of hydrogen-bond donors (Lipinski definition) is 1. The van der Waals surface area contributed by atoms with Crippen molar-refractivity contribution in [1.29, 1.82) is 0 Å². The van der Waals surface area contributed by atoms with Crippen LogP contribution in [0.15, 0.2) is 53.5 Å². The largest absolute Gasteiger partial charge is 0.459 e. The molecule has 142 valence electrons. The lowest BCUT2D eigenvalue weighted by Crippen LogP contribution is -2.11. The molecule has 4 aromatic rings. The summed E-state index contributed by atoms with van der Waals surface area (Å²) in [5.74, 6) is 1.65. The van der Waals surface area contributed by atoms with E-state index in [1.165, 1.54) is 0 Å². The van der Waals surface area contributed by atoms with Crippen LogP contribution in [0, 0.1) is 13.8 Å². The van der Waals surface area contributed by atoms with Crippen LogP contribution in [0.1, 0.15) is 22.3 Å². The third-order valence-electron chi connectivity index (χ3n) is 4.54. The molecular formula is C21H21N5OS. The van der Waals surface area contributed by atoms with Crippen LogP contribution in [-0.2, 0) is 0 Å². The van der Waals surface area contributed by atoms with E-state index < -0.39 is 0 Å². The summed E-state index contributed by atoms with van der Waals surface area (Å²) in [6.45, 7) is 4.62. The Bertz CT molecular complexity index is 1090. The van der Waals surface area contributed by atoms with E-state index in [4.69, 9.17) is 4.42 Å². The van der Waals surface area contributed by atoms with E-state index in [-0.39, 0.29) is 5.25 Å². The minimum Gasteiger partial charge on any atom is -0.459 e. The van der Waals surface area contributed by atoms with E-state index in [1.54, 1.807) is 18.1 Å². The molecule has 0 aliphatic heterocycles. The molecule has 0 aliphatic carbocycles. The second kappa shape index (κ2) is 7.98. The Kier molecular flexibility index (Phi) is 5.25. The first-order valence-corrected chi connectivity index (χ1v) is 10.3. The summed E-state index contributed by atoms with van der Waals surface area (Å²) in [5.41, 5.74) is 5.68. The number of anilines is 1. The highest BCUT2D eigenvalue weighted by Gasteiger charge is 2.17. The van der Waals surface area contributed by atoms with Gasteiger partial charge in [0.2, 0.25) is 0 Å². The van der Waals surface area contributed by atoms with Gasteiger partial charge in [0.1, 0.15) is 23.4 Å². The summed E-state index contributed by atoms with van der Waals surface area (Å²) >= 11 is 1.76. The van der Waals surface area contributed by atoms with Gasteiger partial charge in [-0.05, 0) is 38.3 Å². The maximum absolute atomic E-state index is 5.88. The predicted octanol–water partition coefficient (Wildman–Crippen LogP) is 4.81. The van der Waals surface area contributed by atoms with Crippen molar-refractivity contribution in [2.45, 2.75) is 19.1 Å². The highest BCUT2D eigenvalue weighted by atomic mass is 32.2. The molecule has 1 N–H and O–H groups in total. The van der Waals surface area contributed by atoms with Crippen LogP contribution >= 0.6 is 11.8 Å². The lowest BCUT2D eigenvalue weighted by Gasteiger charge is -2.16. The molecule has 0 amide bonds. The minimum atomic E-state index is 0.204. The minimum absolute atomic E-state index is 0.204. The monoisotopic (exact) mass is 391 g/mol. The number of rotatable bonds is 6. The lowest BCUT2D eigenvalue weighted by molar-refractivity contribution is 0.574. The van der Waals surface area contributed by atoms with Crippen LogP contribution in [0.4, 0.5) is 5.82 Å². The van der Waals surface area contributed by atoms with Crippen LogP contribution in [-0.4, -0.2) is 32.7 Å². The number of furan rings is 1. The highest BCUT2D eigenvalue weighted by molar-refractivity contribution is 7.98. The van der Waals surface area contributed by atoms with Crippen molar-refractivity contribution in [3.63, 3.8) is 0 Å². The van der Waals surface area contributed by atoms with E-state index >= 15 is 0 Å². The number of aromatic nitrogens is 4. The van der Waals surface area contributed by atoms with E-state index in [2.05, 4.69) is 31.5 Å². The zero-order chi connectivity index (χ0) is 19.5. The Morgan fingerprint density at radius 1 is 1.07 bits per heavy atom. The van der Waals surface area contributed by atoms with Crippen LogP contribution in [0.3, 0.4) is 0 Å². The van der Waals surface area contributed by atoms with E-state index in [9.17, 15) is 0 Å². The average molecular weight is 392 g/mol. The van der Waals surface area contributed by atoms with Crippen molar-refractivity contribution in [1.82, 2.24) is 19.9 Å². The molecule has 28 heavy (non-hydrogen) atoms. The van der Waals surface area contributed by atoms with Gasteiger partial charge >= 0.3 is 0 Å². The van der Waals surface area contributed by atoms with Crippen molar-refractivity contribution >= 4 is 28.7 Å². The molecule has 0 saturated heterocycles. The van der Waals surface area contributed by atoms with Crippen molar-refractivity contribution in [2.75, 3.05) is 18.1 Å². The summed E-state index contributed by atoms with van der Waals surface area (Å²) in [6, 6.07) is 9.94. The van der Waals surface area contributed by atoms with Crippen LogP contribution in [0.5, 0.6) is 0 Å². The Balaban J connectivity index is 1.54. The number of aryl methyl sites for hydroxylation is 2. The maximum Gasteiger partial charge on any atom is 0.157 e.